The van der Waals surface area contributed by atoms with Crippen molar-refractivity contribution in [3.63, 3.8) is 0 Å². The van der Waals surface area contributed by atoms with Gasteiger partial charge in [-0.25, -0.2) is 0 Å². The Morgan fingerprint density at radius 2 is 1.52 bits per heavy atom. The molecule has 1 aromatic rings. The van der Waals surface area contributed by atoms with Crippen LogP contribution in [0.1, 0.15) is 53.3 Å². The first-order valence-electron chi connectivity index (χ1n) is 9.49. The average Bonchev–Trinajstić information content (AvgIpc) is 2.67. The van der Waals surface area contributed by atoms with Gasteiger partial charge in [-0.2, -0.15) is 0 Å². The van der Waals surface area contributed by atoms with E-state index in [0.29, 0.717) is 17.2 Å². The molecule has 2 amide bonds. The molecule has 0 spiro atoms. The van der Waals surface area contributed by atoms with Crippen LogP contribution in [0.4, 0.5) is 0 Å². The van der Waals surface area contributed by atoms with E-state index in [9.17, 15) is 9.59 Å². The highest BCUT2D eigenvalue weighted by molar-refractivity contribution is 5.98. The molecule has 2 aliphatic heterocycles. The fourth-order valence-electron chi connectivity index (χ4n) is 3.81. The van der Waals surface area contributed by atoms with Crippen molar-refractivity contribution in [1.82, 2.24) is 14.7 Å². The lowest BCUT2D eigenvalue weighted by Crippen LogP contribution is -2.47. The van der Waals surface area contributed by atoms with Crippen molar-refractivity contribution in [3.8, 4) is 0 Å². The number of hydrogen-bond acceptors (Lipinski definition) is 3. The monoisotopic (exact) mass is 343 g/mol. The summed E-state index contributed by atoms with van der Waals surface area (Å²) in [4.78, 5) is 31.6. The second-order valence-electron chi connectivity index (χ2n) is 7.23. The minimum Gasteiger partial charge on any atom is -0.336 e. The second kappa shape index (κ2) is 8.00. The molecule has 0 radical (unpaired) electrons. The number of nitrogens with zero attached hydrogens (tertiary/aromatic N) is 3. The number of carbonyl (C=O) groups excluding carboxylic acids is 2. The summed E-state index contributed by atoms with van der Waals surface area (Å²) in [6.07, 6.45) is 4.40. The molecule has 1 unspecified atom stereocenters. The summed E-state index contributed by atoms with van der Waals surface area (Å²) >= 11 is 0. The normalized spacial score (nSPS) is 22.1. The average molecular weight is 343 g/mol. The van der Waals surface area contributed by atoms with E-state index in [4.69, 9.17) is 0 Å². The lowest BCUT2D eigenvalue weighted by Gasteiger charge is -2.35. The summed E-state index contributed by atoms with van der Waals surface area (Å²) in [5.41, 5.74) is 1.36. The van der Waals surface area contributed by atoms with Gasteiger partial charge in [-0.15, -0.1) is 0 Å². The van der Waals surface area contributed by atoms with Crippen LogP contribution >= 0.6 is 0 Å². The Hall–Kier alpha value is -1.88. The molecule has 0 aromatic heterocycles. The molecule has 0 saturated carbocycles. The Kier molecular flexibility index (Phi) is 5.74. The summed E-state index contributed by atoms with van der Waals surface area (Å²) in [7, 11) is 2.08. The fourth-order valence-corrected chi connectivity index (χ4v) is 3.81. The maximum Gasteiger partial charge on any atom is 0.254 e. The third-order valence-electron chi connectivity index (χ3n) is 5.53. The molecule has 0 N–H and O–H groups in total. The van der Waals surface area contributed by atoms with Crippen molar-refractivity contribution in [2.75, 3.05) is 39.8 Å². The lowest BCUT2D eigenvalue weighted by atomic mass is 9.98. The standard InChI is InChI=1S/C20H29N3O2/c1-3-18-6-4-5-11-23(18)20(25)17-9-7-16(8-10-17)19(24)22-14-12-21(2)13-15-22/h7-10,18H,3-6,11-15H2,1-2H3. The molecule has 1 aromatic carbocycles. The van der Waals surface area contributed by atoms with Crippen molar-refractivity contribution in [2.24, 2.45) is 0 Å². The molecular formula is C20H29N3O2. The summed E-state index contributed by atoms with van der Waals surface area (Å²) in [5, 5.41) is 0. The zero-order chi connectivity index (χ0) is 17.8. The molecule has 2 fully saturated rings. The second-order valence-corrected chi connectivity index (χ2v) is 7.23. The van der Waals surface area contributed by atoms with Crippen molar-refractivity contribution in [1.29, 1.82) is 0 Å². The third kappa shape index (κ3) is 4.03. The molecular weight excluding hydrogens is 314 g/mol. The Bertz CT molecular complexity index is 606. The van der Waals surface area contributed by atoms with Crippen LogP contribution in [0.2, 0.25) is 0 Å². The van der Waals surface area contributed by atoms with Crippen LogP contribution < -0.4 is 0 Å². The first kappa shape index (κ1) is 17.9. The van der Waals surface area contributed by atoms with E-state index in [0.717, 1.165) is 52.0 Å². The van der Waals surface area contributed by atoms with E-state index in [1.54, 1.807) is 12.1 Å². The molecule has 0 aliphatic carbocycles. The maximum atomic E-state index is 12.8. The first-order valence-corrected chi connectivity index (χ1v) is 9.49. The van der Waals surface area contributed by atoms with Crippen LogP contribution in [0.3, 0.4) is 0 Å². The number of hydrogen-bond donors (Lipinski definition) is 0. The quantitative estimate of drug-likeness (QED) is 0.847. The number of likely N-dealkylation sites (tertiary alicyclic amines) is 1. The van der Waals surface area contributed by atoms with Crippen molar-refractivity contribution in [2.45, 2.75) is 38.6 Å². The fraction of sp³-hybridized carbons (Fsp3) is 0.600. The van der Waals surface area contributed by atoms with Gasteiger partial charge in [0.25, 0.3) is 11.8 Å². The van der Waals surface area contributed by atoms with Gasteiger partial charge < -0.3 is 14.7 Å². The van der Waals surface area contributed by atoms with Gasteiger partial charge in [0.1, 0.15) is 0 Å². The zero-order valence-electron chi connectivity index (χ0n) is 15.4. The smallest absolute Gasteiger partial charge is 0.254 e. The molecule has 5 heteroatoms. The van der Waals surface area contributed by atoms with Crippen LogP contribution in [0.5, 0.6) is 0 Å². The summed E-state index contributed by atoms with van der Waals surface area (Å²) in [6, 6.07) is 7.59. The predicted octanol–water partition coefficient (Wildman–Crippen LogP) is 2.48. The number of benzene rings is 1. The first-order chi connectivity index (χ1) is 12.1. The van der Waals surface area contributed by atoms with Gasteiger partial charge in [-0.05, 0) is 57.0 Å². The van der Waals surface area contributed by atoms with E-state index in [2.05, 4.69) is 18.9 Å². The number of carbonyl (C=O) groups is 2. The summed E-state index contributed by atoms with van der Waals surface area (Å²) in [5.74, 6) is 0.168. The van der Waals surface area contributed by atoms with Crippen LogP contribution in [0, 0.1) is 0 Å². The lowest BCUT2D eigenvalue weighted by molar-refractivity contribution is 0.0605. The minimum atomic E-state index is 0.0662. The van der Waals surface area contributed by atoms with Gasteiger partial charge in [0.2, 0.25) is 0 Å². The van der Waals surface area contributed by atoms with Gasteiger partial charge >= 0.3 is 0 Å². The predicted molar refractivity (Wildman–Crippen MR) is 98.8 cm³/mol. The molecule has 5 nitrogen and oxygen atoms in total. The number of piperazine rings is 1. The molecule has 3 rings (SSSR count). The SMILES string of the molecule is CCC1CCCCN1C(=O)c1ccc(C(=O)N2CCN(C)CC2)cc1. The van der Waals surface area contributed by atoms with Gasteiger partial charge in [0.05, 0.1) is 0 Å². The number of amides is 2. The van der Waals surface area contributed by atoms with Crippen molar-refractivity contribution < 1.29 is 9.59 Å². The Morgan fingerprint density at radius 3 is 2.12 bits per heavy atom. The Morgan fingerprint density at radius 1 is 0.920 bits per heavy atom. The number of likely N-dealkylation sites (N-methyl/N-ethyl adjacent to an activating group) is 1. The molecule has 2 heterocycles. The minimum absolute atomic E-state index is 0.0662. The van der Waals surface area contributed by atoms with Crippen LogP contribution in [0.15, 0.2) is 24.3 Å². The van der Waals surface area contributed by atoms with Gasteiger partial charge in [-0.1, -0.05) is 6.92 Å². The topological polar surface area (TPSA) is 43.9 Å². The number of piperidine rings is 1. The molecule has 1 atom stereocenters. The molecule has 25 heavy (non-hydrogen) atoms. The maximum absolute atomic E-state index is 12.8. The van der Waals surface area contributed by atoms with E-state index >= 15 is 0 Å². The van der Waals surface area contributed by atoms with E-state index in [-0.39, 0.29) is 11.8 Å². The van der Waals surface area contributed by atoms with E-state index < -0.39 is 0 Å². The van der Waals surface area contributed by atoms with Gasteiger partial charge in [0, 0.05) is 49.9 Å². The van der Waals surface area contributed by atoms with E-state index in [1.807, 2.05) is 21.9 Å². The summed E-state index contributed by atoms with van der Waals surface area (Å²) < 4.78 is 0. The van der Waals surface area contributed by atoms with Gasteiger partial charge in [-0.3, -0.25) is 9.59 Å². The van der Waals surface area contributed by atoms with Crippen LogP contribution in [-0.4, -0.2) is 72.3 Å². The Labute approximate surface area is 150 Å². The van der Waals surface area contributed by atoms with Crippen LogP contribution in [-0.2, 0) is 0 Å². The molecule has 2 aliphatic rings. The largest absolute Gasteiger partial charge is 0.336 e. The Balaban J connectivity index is 1.67. The van der Waals surface area contributed by atoms with Gasteiger partial charge in [0.15, 0.2) is 0 Å². The zero-order valence-corrected chi connectivity index (χ0v) is 15.4. The molecule has 2 saturated heterocycles. The molecule has 136 valence electrons. The van der Waals surface area contributed by atoms with Crippen molar-refractivity contribution in [3.05, 3.63) is 35.4 Å². The highest BCUT2D eigenvalue weighted by atomic mass is 16.2. The molecule has 0 bridgehead atoms. The van der Waals surface area contributed by atoms with E-state index in [1.165, 1.54) is 6.42 Å². The van der Waals surface area contributed by atoms with Crippen LogP contribution in [0.25, 0.3) is 0 Å². The third-order valence-corrected chi connectivity index (χ3v) is 5.53. The summed E-state index contributed by atoms with van der Waals surface area (Å²) in [6.45, 7) is 6.35. The highest BCUT2D eigenvalue weighted by Gasteiger charge is 2.26. The number of rotatable bonds is 3. The van der Waals surface area contributed by atoms with Crippen molar-refractivity contribution >= 4 is 11.8 Å². The highest BCUT2D eigenvalue weighted by Crippen LogP contribution is 2.22.